The summed E-state index contributed by atoms with van der Waals surface area (Å²) in [5.74, 6) is 1.03. The fourth-order valence-electron chi connectivity index (χ4n) is 5.63. The second-order valence-electron chi connectivity index (χ2n) is 8.66. The van der Waals surface area contributed by atoms with E-state index in [1.807, 2.05) is 53.4 Å². The minimum atomic E-state index is -0.0876. The van der Waals surface area contributed by atoms with Crippen LogP contribution in [0.15, 0.2) is 54.6 Å². The monoisotopic (exact) mass is 391 g/mol. The Morgan fingerprint density at radius 1 is 1.03 bits per heavy atom. The summed E-state index contributed by atoms with van der Waals surface area (Å²) < 4.78 is 0. The topological polar surface area (TPSA) is 55.8 Å². The van der Waals surface area contributed by atoms with Gasteiger partial charge in [-0.05, 0) is 42.5 Å². The zero-order chi connectivity index (χ0) is 19.8. The van der Waals surface area contributed by atoms with Crippen LogP contribution in [0.1, 0.15) is 37.2 Å². The molecule has 5 nitrogen and oxygen atoms in total. The van der Waals surface area contributed by atoms with Gasteiger partial charge in [0.2, 0.25) is 0 Å². The number of aliphatic hydroxyl groups is 1. The molecule has 0 aromatic heterocycles. The standard InChI is InChI=1S/C24H29N3O2/c28-16-22-23-19-12-6-7-13-20(19)27(24(29)25-18-10-2-1-3-11-18)15-21(23)26(22)14-17-8-4-5-9-17/h1-3,6-7,10-13,17,21-23,28H,4-5,8-9,14-16H2,(H,25,29)/t21-,22+,23+/m1/s1. The number of rotatable bonds is 4. The molecule has 1 saturated carbocycles. The molecule has 3 atom stereocenters. The molecule has 3 aliphatic rings. The first kappa shape index (κ1) is 18.6. The number of carbonyl (C=O) groups is 1. The smallest absolute Gasteiger partial charge is 0.326 e. The third kappa shape index (κ3) is 3.32. The SMILES string of the molecule is O=C(Nc1ccccc1)N1C[C@@H]2[C@H](c3ccccc31)[C@H](CO)N2CC1CCCC1. The molecule has 2 aromatic carbocycles. The highest BCUT2D eigenvalue weighted by atomic mass is 16.3. The predicted molar refractivity (Wildman–Crippen MR) is 115 cm³/mol. The van der Waals surface area contributed by atoms with Crippen LogP contribution in [0.25, 0.3) is 0 Å². The fraction of sp³-hybridized carbons (Fsp3) is 0.458. The highest BCUT2D eigenvalue weighted by molar-refractivity contribution is 6.02. The van der Waals surface area contributed by atoms with Gasteiger partial charge in [0.1, 0.15) is 0 Å². The van der Waals surface area contributed by atoms with E-state index in [0.29, 0.717) is 12.5 Å². The Balaban J connectivity index is 1.41. The summed E-state index contributed by atoms with van der Waals surface area (Å²) >= 11 is 0. The van der Waals surface area contributed by atoms with E-state index in [4.69, 9.17) is 0 Å². The molecular formula is C24H29N3O2. The van der Waals surface area contributed by atoms with Gasteiger partial charge >= 0.3 is 6.03 Å². The summed E-state index contributed by atoms with van der Waals surface area (Å²) in [6, 6.07) is 18.2. The summed E-state index contributed by atoms with van der Waals surface area (Å²) in [6.45, 7) is 1.89. The number of aliphatic hydroxyl groups excluding tert-OH is 1. The van der Waals surface area contributed by atoms with Crippen LogP contribution in [0, 0.1) is 5.92 Å². The van der Waals surface area contributed by atoms with Crippen molar-refractivity contribution in [1.29, 1.82) is 0 Å². The normalized spacial score (nSPS) is 26.5. The van der Waals surface area contributed by atoms with Gasteiger partial charge in [0.25, 0.3) is 0 Å². The molecule has 0 unspecified atom stereocenters. The van der Waals surface area contributed by atoms with E-state index in [0.717, 1.165) is 23.8 Å². The molecule has 2 amide bonds. The van der Waals surface area contributed by atoms with Crippen molar-refractivity contribution in [3.05, 3.63) is 60.2 Å². The molecular weight excluding hydrogens is 362 g/mol. The third-order valence-electron chi connectivity index (χ3n) is 7.04. The molecule has 152 valence electrons. The molecule has 0 bridgehead atoms. The summed E-state index contributed by atoms with van der Waals surface area (Å²) in [5, 5.41) is 13.2. The molecule has 2 aromatic rings. The molecule has 1 saturated heterocycles. The second-order valence-corrected chi connectivity index (χ2v) is 8.66. The highest BCUT2D eigenvalue weighted by Gasteiger charge is 2.53. The van der Waals surface area contributed by atoms with E-state index in [-0.39, 0.29) is 24.7 Å². The van der Waals surface area contributed by atoms with Crippen LogP contribution in [0.4, 0.5) is 16.2 Å². The minimum absolute atomic E-state index is 0.0876. The van der Waals surface area contributed by atoms with Crippen LogP contribution in [0.3, 0.4) is 0 Å². The van der Waals surface area contributed by atoms with Crippen LogP contribution < -0.4 is 10.2 Å². The molecule has 2 heterocycles. The molecule has 1 aliphatic carbocycles. The molecule has 2 N–H and O–H groups in total. The van der Waals surface area contributed by atoms with E-state index >= 15 is 0 Å². The molecule has 2 aliphatic heterocycles. The molecule has 5 heteroatoms. The first-order valence-electron chi connectivity index (χ1n) is 10.9. The fourth-order valence-corrected chi connectivity index (χ4v) is 5.63. The van der Waals surface area contributed by atoms with Crippen molar-refractivity contribution in [2.45, 2.75) is 43.7 Å². The molecule has 0 spiro atoms. The van der Waals surface area contributed by atoms with Gasteiger partial charge in [-0.15, -0.1) is 0 Å². The zero-order valence-corrected chi connectivity index (χ0v) is 16.7. The van der Waals surface area contributed by atoms with Crippen LogP contribution in [-0.4, -0.2) is 47.8 Å². The Morgan fingerprint density at radius 2 is 1.76 bits per heavy atom. The maximum atomic E-state index is 13.2. The van der Waals surface area contributed by atoms with Gasteiger partial charge in [-0.25, -0.2) is 4.79 Å². The van der Waals surface area contributed by atoms with Crippen LogP contribution in [0.5, 0.6) is 0 Å². The van der Waals surface area contributed by atoms with Gasteiger partial charge in [0.05, 0.1) is 6.61 Å². The average molecular weight is 392 g/mol. The highest BCUT2D eigenvalue weighted by Crippen LogP contribution is 2.49. The lowest BCUT2D eigenvalue weighted by molar-refractivity contribution is -0.0509. The number of nitrogens with zero attached hydrogens (tertiary/aromatic N) is 2. The van der Waals surface area contributed by atoms with Crippen LogP contribution >= 0.6 is 0 Å². The van der Waals surface area contributed by atoms with Gasteiger partial charge in [0.15, 0.2) is 0 Å². The van der Waals surface area contributed by atoms with E-state index in [1.54, 1.807) is 0 Å². The first-order valence-corrected chi connectivity index (χ1v) is 10.9. The molecule has 5 rings (SSSR count). The number of nitrogens with one attached hydrogen (secondary N) is 1. The number of fused-ring (bicyclic) bond motifs is 3. The summed E-state index contributed by atoms with van der Waals surface area (Å²) in [4.78, 5) is 17.5. The quantitative estimate of drug-likeness (QED) is 0.826. The van der Waals surface area contributed by atoms with Crippen molar-refractivity contribution in [1.82, 2.24) is 4.90 Å². The lowest BCUT2D eigenvalue weighted by Gasteiger charge is -2.59. The number of para-hydroxylation sites is 2. The Labute approximate surface area is 172 Å². The Kier molecular flexibility index (Phi) is 5.02. The van der Waals surface area contributed by atoms with Gasteiger partial charge in [-0.2, -0.15) is 0 Å². The van der Waals surface area contributed by atoms with Crippen molar-refractivity contribution >= 4 is 17.4 Å². The average Bonchev–Trinajstić information content (AvgIpc) is 3.26. The van der Waals surface area contributed by atoms with Crippen molar-refractivity contribution in [3.63, 3.8) is 0 Å². The lowest BCUT2D eigenvalue weighted by atomic mass is 9.71. The number of likely N-dealkylation sites (tertiary alicyclic amines) is 1. The number of urea groups is 1. The van der Waals surface area contributed by atoms with E-state index < -0.39 is 0 Å². The van der Waals surface area contributed by atoms with Gasteiger partial charge < -0.3 is 10.4 Å². The number of benzene rings is 2. The number of anilines is 2. The Bertz CT molecular complexity index is 865. The van der Waals surface area contributed by atoms with Crippen LogP contribution in [0.2, 0.25) is 0 Å². The number of amides is 2. The van der Waals surface area contributed by atoms with E-state index in [2.05, 4.69) is 16.3 Å². The van der Waals surface area contributed by atoms with Gasteiger partial charge in [-0.3, -0.25) is 9.80 Å². The number of hydrogen-bond donors (Lipinski definition) is 2. The minimum Gasteiger partial charge on any atom is -0.395 e. The maximum Gasteiger partial charge on any atom is 0.326 e. The van der Waals surface area contributed by atoms with Crippen molar-refractivity contribution in [2.75, 3.05) is 29.9 Å². The molecule has 0 radical (unpaired) electrons. The van der Waals surface area contributed by atoms with Crippen LogP contribution in [-0.2, 0) is 0 Å². The third-order valence-corrected chi connectivity index (χ3v) is 7.04. The van der Waals surface area contributed by atoms with E-state index in [9.17, 15) is 9.90 Å². The van der Waals surface area contributed by atoms with Gasteiger partial charge in [-0.1, -0.05) is 49.2 Å². The van der Waals surface area contributed by atoms with Crippen molar-refractivity contribution < 1.29 is 9.90 Å². The van der Waals surface area contributed by atoms with Gasteiger partial charge in [0, 0.05) is 42.5 Å². The maximum absolute atomic E-state index is 13.2. The lowest BCUT2D eigenvalue weighted by Crippen LogP contribution is -2.70. The summed E-state index contributed by atoms with van der Waals surface area (Å²) in [7, 11) is 0. The summed E-state index contributed by atoms with van der Waals surface area (Å²) in [6.07, 6.45) is 5.23. The number of carbonyl (C=O) groups excluding carboxylic acids is 1. The molecule has 2 fully saturated rings. The van der Waals surface area contributed by atoms with E-state index in [1.165, 1.54) is 31.2 Å². The first-order chi connectivity index (χ1) is 14.3. The largest absolute Gasteiger partial charge is 0.395 e. The Morgan fingerprint density at radius 3 is 2.52 bits per heavy atom. The zero-order valence-electron chi connectivity index (χ0n) is 16.7. The molecule has 29 heavy (non-hydrogen) atoms. The predicted octanol–water partition coefficient (Wildman–Crippen LogP) is 4.06. The van der Waals surface area contributed by atoms with Crippen molar-refractivity contribution in [3.8, 4) is 0 Å². The number of hydrogen-bond acceptors (Lipinski definition) is 3. The second kappa shape index (κ2) is 7.81. The summed E-state index contributed by atoms with van der Waals surface area (Å²) in [5.41, 5.74) is 2.97. The Hall–Kier alpha value is -2.37. The van der Waals surface area contributed by atoms with Crippen molar-refractivity contribution in [2.24, 2.45) is 5.92 Å².